The van der Waals surface area contributed by atoms with Gasteiger partial charge in [-0.2, -0.15) is 13.2 Å². The highest BCUT2D eigenvalue weighted by Gasteiger charge is 2.38. The van der Waals surface area contributed by atoms with Crippen molar-refractivity contribution in [3.8, 4) is 11.4 Å². The van der Waals surface area contributed by atoms with Crippen LogP contribution in [0.3, 0.4) is 0 Å². The molecule has 0 fully saturated rings. The van der Waals surface area contributed by atoms with Gasteiger partial charge < -0.3 is 4.74 Å². The molecule has 0 saturated carbocycles. The van der Waals surface area contributed by atoms with Crippen LogP contribution in [0.1, 0.15) is 22.4 Å². The molecule has 0 bridgehead atoms. The molecule has 2 heterocycles. The minimum absolute atomic E-state index is 0.299. The van der Waals surface area contributed by atoms with Gasteiger partial charge in [0.1, 0.15) is 17.1 Å². The Morgan fingerprint density at radius 1 is 0.941 bits per heavy atom. The second kappa shape index (κ2) is 8.22. The molecule has 5 nitrogen and oxygen atoms in total. The number of hydrogen-bond donors (Lipinski definition) is 1. The molecule has 0 unspecified atom stereocenters. The highest BCUT2D eigenvalue weighted by molar-refractivity contribution is 6.39. The Hall–Kier alpha value is -4.33. The van der Waals surface area contributed by atoms with Crippen molar-refractivity contribution in [1.82, 2.24) is 9.78 Å². The fourth-order valence-electron chi connectivity index (χ4n) is 3.98. The van der Waals surface area contributed by atoms with Gasteiger partial charge in [-0.1, -0.05) is 60.7 Å². The van der Waals surface area contributed by atoms with E-state index in [4.69, 9.17) is 4.74 Å². The van der Waals surface area contributed by atoms with Crippen molar-refractivity contribution in [2.24, 2.45) is 4.99 Å². The van der Waals surface area contributed by atoms with Gasteiger partial charge in [-0.05, 0) is 24.3 Å². The second-order valence-electron chi connectivity index (χ2n) is 7.62. The molecule has 1 aliphatic heterocycles. The molecular formula is C26H18F3N3O2. The number of para-hydroxylation sites is 2. The lowest BCUT2D eigenvalue weighted by atomic mass is 9.95. The number of allylic oxidation sites excluding steroid dienone is 1. The molecule has 1 aromatic heterocycles. The van der Waals surface area contributed by atoms with Crippen LogP contribution in [0.2, 0.25) is 0 Å². The van der Waals surface area contributed by atoms with Crippen molar-refractivity contribution in [2.45, 2.75) is 6.18 Å². The molecular weight excluding hydrogens is 443 g/mol. The molecule has 0 saturated heterocycles. The predicted octanol–water partition coefficient (Wildman–Crippen LogP) is 5.87. The SMILES string of the molecule is COc1cccc2c1N=C(c1ccccc1)C2=Cc1c(C(F)(F)F)[nH]n(-c2ccccc2)c1=O. The van der Waals surface area contributed by atoms with Crippen LogP contribution in [0, 0.1) is 0 Å². The summed E-state index contributed by atoms with van der Waals surface area (Å²) in [5.74, 6) is 0.487. The van der Waals surface area contributed by atoms with Crippen molar-refractivity contribution in [3.63, 3.8) is 0 Å². The molecule has 3 aromatic carbocycles. The zero-order valence-electron chi connectivity index (χ0n) is 17.9. The first-order valence-corrected chi connectivity index (χ1v) is 10.4. The first-order valence-electron chi connectivity index (χ1n) is 10.4. The monoisotopic (exact) mass is 461 g/mol. The highest BCUT2D eigenvalue weighted by atomic mass is 19.4. The van der Waals surface area contributed by atoms with E-state index >= 15 is 0 Å². The molecule has 34 heavy (non-hydrogen) atoms. The van der Waals surface area contributed by atoms with Crippen molar-refractivity contribution in [1.29, 1.82) is 0 Å². The number of rotatable bonds is 4. The molecule has 4 aromatic rings. The van der Waals surface area contributed by atoms with E-state index in [0.29, 0.717) is 39.5 Å². The smallest absolute Gasteiger partial charge is 0.433 e. The molecule has 0 amide bonds. The number of alkyl halides is 3. The van der Waals surface area contributed by atoms with E-state index in [1.807, 2.05) is 30.3 Å². The topological polar surface area (TPSA) is 59.4 Å². The largest absolute Gasteiger partial charge is 0.494 e. The van der Waals surface area contributed by atoms with Crippen LogP contribution in [-0.4, -0.2) is 22.6 Å². The fraction of sp³-hybridized carbons (Fsp3) is 0.0769. The van der Waals surface area contributed by atoms with Gasteiger partial charge in [-0.15, -0.1) is 0 Å². The molecule has 1 aliphatic rings. The summed E-state index contributed by atoms with van der Waals surface area (Å²) in [5.41, 5.74) is 0.522. The lowest BCUT2D eigenvalue weighted by molar-refractivity contribution is -0.141. The van der Waals surface area contributed by atoms with Gasteiger partial charge in [0.25, 0.3) is 5.56 Å². The van der Waals surface area contributed by atoms with E-state index in [2.05, 4.69) is 10.1 Å². The fourth-order valence-corrected chi connectivity index (χ4v) is 3.98. The molecule has 0 spiro atoms. The van der Waals surface area contributed by atoms with Gasteiger partial charge in [0.2, 0.25) is 0 Å². The number of hydrogen-bond acceptors (Lipinski definition) is 3. The van der Waals surface area contributed by atoms with E-state index in [1.54, 1.807) is 48.5 Å². The summed E-state index contributed by atoms with van der Waals surface area (Å²) in [6, 6.07) is 22.4. The normalized spacial score (nSPS) is 14.2. The molecule has 0 radical (unpaired) electrons. The third-order valence-corrected chi connectivity index (χ3v) is 5.55. The second-order valence-corrected chi connectivity index (χ2v) is 7.62. The number of nitrogens with one attached hydrogen (secondary N) is 1. The van der Waals surface area contributed by atoms with Crippen LogP contribution in [0.15, 0.2) is 88.6 Å². The number of aromatic amines is 1. The first-order chi connectivity index (χ1) is 16.4. The van der Waals surface area contributed by atoms with Gasteiger partial charge in [0.05, 0.1) is 24.1 Å². The number of halogens is 3. The zero-order chi connectivity index (χ0) is 23.9. The Morgan fingerprint density at radius 3 is 2.26 bits per heavy atom. The van der Waals surface area contributed by atoms with Crippen LogP contribution in [0.4, 0.5) is 18.9 Å². The predicted molar refractivity (Wildman–Crippen MR) is 125 cm³/mol. The van der Waals surface area contributed by atoms with Crippen LogP contribution < -0.4 is 10.3 Å². The minimum Gasteiger partial charge on any atom is -0.494 e. The summed E-state index contributed by atoms with van der Waals surface area (Å²) < 4.78 is 48.3. The number of fused-ring (bicyclic) bond motifs is 1. The molecule has 8 heteroatoms. The lowest BCUT2D eigenvalue weighted by Gasteiger charge is -2.08. The van der Waals surface area contributed by atoms with E-state index in [-0.39, 0.29) is 0 Å². The maximum Gasteiger partial charge on any atom is 0.433 e. The van der Waals surface area contributed by atoms with Gasteiger partial charge in [0, 0.05) is 16.7 Å². The number of ether oxygens (including phenoxy) is 1. The molecule has 0 aliphatic carbocycles. The third kappa shape index (κ3) is 3.63. The number of nitrogens with zero attached hydrogens (tertiary/aromatic N) is 2. The van der Waals surface area contributed by atoms with E-state index in [1.165, 1.54) is 13.2 Å². The van der Waals surface area contributed by atoms with Crippen LogP contribution in [0.25, 0.3) is 17.3 Å². The summed E-state index contributed by atoms with van der Waals surface area (Å²) in [4.78, 5) is 17.9. The number of aliphatic imine (C=N–C) groups is 1. The van der Waals surface area contributed by atoms with Crippen molar-refractivity contribution in [2.75, 3.05) is 7.11 Å². The summed E-state index contributed by atoms with van der Waals surface area (Å²) in [6.45, 7) is 0. The number of methoxy groups -OCH3 is 1. The Bertz CT molecular complexity index is 1480. The quantitative estimate of drug-likeness (QED) is 0.413. The van der Waals surface area contributed by atoms with E-state index in [0.717, 1.165) is 4.68 Å². The zero-order valence-corrected chi connectivity index (χ0v) is 17.9. The minimum atomic E-state index is -4.77. The Morgan fingerprint density at radius 2 is 1.62 bits per heavy atom. The van der Waals surface area contributed by atoms with Gasteiger partial charge in [-0.3, -0.25) is 9.89 Å². The molecule has 0 atom stereocenters. The Labute approximate surface area is 192 Å². The average Bonchev–Trinajstić information content (AvgIpc) is 3.38. The number of aromatic nitrogens is 2. The van der Waals surface area contributed by atoms with Gasteiger partial charge >= 0.3 is 6.18 Å². The van der Waals surface area contributed by atoms with Crippen LogP contribution in [-0.2, 0) is 6.18 Å². The first kappa shape index (κ1) is 21.5. The van der Waals surface area contributed by atoms with Crippen molar-refractivity contribution in [3.05, 3.63) is 112 Å². The number of benzene rings is 3. The lowest BCUT2D eigenvalue weighted by Crippen LogP contribution is -2.16. The Kier molecular flexibility index (Phi) is 5.20. The molecule has 1 N–H and O–H groups in total. The summed E-state index contributed by atoms with van der Waals surface area (Å²) >= 11 is 0. The summed E-state index contributed by atoms with van der Waals surface area (Å²) in [6.07, 6.45) is -3.51. The van der Waals surface area contributed by atoms with Crippen molar-refractivity contribution >= 4 is 23.0 Å². The average molecular weight is 461 g/mol. The van der Waals surface area contributed by atoms with Gasteiger partial charge in [0.15, 0.2) is 0 Å². The molecule has 5 rings (SSSR count). The van der Waals surface area contributed by atoms with E-state index in [9.17, 15) is 18.0 Å². The highest BCUT2D eigenvalue weighted by Crippen LogP contribution is 2.44. The summed E-state index contributed by atoms with van der Waals surface area (Å²) in [7, 11) is 1.50. The van der Waals surface area contributed by atoms with Crippen molar-refractivity contribution < 1.29 is 17.9 Å². The summed E-state index contributed by atoms with van der Waals surface area (Å²) in [5, 5.41) is 2.25. The van der Waals surface area contributed by atoms with Crippen LogP contribution >= 0.6 is 0 Å². The third-order valence-electron chi connectivity index (χ3n) is 5.55. The standard InChI is InChI=1S/C26H18F3N3O2/c1-34-21-14-8-13-18-19(22(30-23(18)21)16-9-4-2-5-10-16)15-20-24(26(27,28)29)31-32(25(20)33)17-11-6-3-7-12-17/h2-15,31H,1H3. The van der Waals surface area contributed by atoms with E-state index < -0.39 is 23.0 Å². The maximum absolute atomic E-state index is 14.0. The molecule has 170 valence electrons. The maximum atomic E-state index is 14.0. The number of H-pyrrole nitrogens is 1. The Balaban J connectivity index is 1.78. The van der Waals surface area contributed by atoms with Crippen LogP contribution in [0.5, 0.6) is 5.75 Å². The van der Waals surface area contributed by atoms with Gasteiger partial charge in [-0.25, -0.2) is 9.67 Å².